The van der Waals surface area contributed by atoms with E-state index in [-0.39, 0.29) is 0 Å². The van der Waals surface area contributed by atoms with E-state index in [1.165, 1.54) is 13.8 Å². The quantitative estimate of drug-likeness (QED) is 0.382. The van der Waals surface area contributed by atoms with E-state index < -0.39 is 48.9 Å². The topological polar surface area (TPSA) is 137 Å². The monoisotopic (exact) mass is 266 g/mol. The average molecular weight is 266 g/mol. The second kappa shape index (κ2) is 5.91. The van der Waals surface area contributed by atoms with Gasteiger partial charge in [-0.2, -0.15) is 0 Å². The summed E-state index contributed by atoms with van der Waals surface area (Å²) in [5.74, 6) is -1.48. The Hall–Kier alpha value is -0.770. The normalized spacial score (nSPS) is 40.2. The van der Waals surface area contributed by atoms with Gasteiger partial charge in [0.15, 0.2) is 12.4 Å². The third-order valence-corrected chi connectivity index (χ3v) is 2.84. The van der Waals surface area contributed by atoms with Crippen LogP contribution in [0.4, 0.5) is 0 Å². The number of hydrogen-bond donors (Lipinski definition) is 5. The molecule has 0 spiro atoms. The van der Waals surface area contributed by atoms with Crippen LogP contribution >= 0.6 is 0 Å². The van der Waals surface area contributed by atoms with E-state index in [2.05, 4.69) is 0 Å². The molecule has 8 heteroatoms. The molecule has 0 radical (unpaired) electrons. The van der Waals surface area contributed by atoms with Gasteiger partial charge in [0.2, 0.25) is 0 Å². The van der Waals surface area contributed by atoms with Gasteiger partial charge in [-0.05, 0) is 13.8 Å². The lowest BCUT2D eigenvalue weighted by Crippen LogP contribution is -2.61. The second-order valence-electron chi connectivity index (χ2n) is 4.32. The van der Waals surface area contributed by atoms with Crippen molar-refractivity contribution < 1.29 is 39.8 Å². The minimum Gasteiger partial charge on any atom is -0.479 e. The van der Waals surface area contributed by atoms with Crippen LogP contribution in [-0.4, -0.2) is 74.4 Å². The van der Waals surface area contributed by atoms with Gasteiger partial charge in [-0.15, -0.1) is 0 Å². The Morgan fingerprint density at radius 3 is 2.17 bits per heavy atom. The van der Waals surface area contributed by atoms with Crippen molar-refractivity contribution >= 4 is 5.97 Å². The van der Waals surface area contributed by atoms with Gasteiger partial charge in [0.05, 0.1) is 12.2 Å². The highest BCUT2D eigenvalue weighted by atomic mass is 16.7. The molecule has 7 atom stereocenters. The highest BCUT2D eigenvalue weighted by molar-refractivity contribution is 5.73. The lowest BCUT2D eigenvalue weighted by atomic mass is 9.99. The van der Waals surface area contributed by atoms with E-state index in [0.717, 1.165) is 0 Å². The summed E-state index contributed by atoms with van der Waals surface area (Å²) >= 11 is 0. The van der Waals surface area contributed by atoms with Crippen LogP contribution < -0.4 is 0 Å². The van der Waals surface area contributed by atoms with Crippen LogP contribution in [0.25, 0.3) is 0 Å². The largest absolute Gasteiger partial charge is 0.479 e. The maximum atomic E-state index is 10.8. The smallest absolute Gasteiger partial charge is 0.335 e. The molecule has 0 bridgehead atoms. The molecule has 0 aromatic carbocycles. The molecule has 0 saturated carbocycles. The average Bonchev–Trinajstić information content (AvgIpc) is 2.29. The molecular weight excluding hydrogens is 248 g/mol. The minimum atomic E-state index is -1.75. The molecule has 1 heterocycles. The standard InChI is InChI=1S/C10H18O8/c1-3(11)4(2)17-10-7(14)5(12)6(13)8(18-10)9(15)16/h3-8,10-14H,1-2H3,(H,15,16). The SMILES string of the molecule is CC(O)C(C)OC1OC(C(=O)O)C(O)C(O)C1O. The van der Waals surface area contributed by atoms with Gasteiger partial charge in [0, 0.05) is 0 Å². The molecule has 7 unspecified atom stereocenters. The van der Waals surface area contributed by atoms with Crippen molar-refractivity contribution in [1.82, 2.24) is 0 Å². The molecule has 18 heavy (non-hydrogen) atoms. The summed E-state index contributed by atoms with van der Waals surface area (Å²) in [4.78, 5) is 10.8. The number of hydrogen-bond acceptors (Lipinski definition) is 7. The Bertz CT molecular complexity index is 294. The van der Waals surface area contributed by atoms with Crippen molar-refractivity contribution in [1.29, 1.82) is 0 Å². The first-order chi connectivity index (χ1) is 8.25. The molecule has 1 saturated heterocycles. The third-order valence-electron chi connectivity index (χ3n) is 2.84. The van der Waals surface area contributed by atoms with Crippen LogP contribution in [0.15, 0.2) is 0 Å². The van der Waals surface area contributed by atoms with Crippen LogP contribution in [0.3, 0.4) is 0 Å². The summed E-state index contributed by atoms with van der Waals surface area (Å²) in [5.41, 5.74) is 0. The predicted octanol–water partition coefficient (Wildman–Crippen LogP) is -2.34. The van der Waals surface area contributed by atoms with E-state index >= 15 is 0 Å². The number of carbonyl (C=O) groups is 1. The fraction of sp³-hybridized carbons (Fsp3) is 0.900. The number of carboxylic acid groups (broad SMARTS) is 1. The fourth-order valence-corrected chi connectivity index (χ4v) is 1.49. The van der Waals surface area contributed by atoms with E-state index in [1.807, 2.05) is 0 Å². The molecule has 1 aliphatic rings. The summed E-state index contributed by atoms with van der Waals surface area (Å²) in [6.45, 7) is 2.94. The summed E-state index contributed by atoms with van der Waals surface area (Å²) in [6.07, 6.45) is -9.79. The van der Waals surface area contributed by atoms with Crippen molar-refractivity contribution in [3.05, 3.63) is 0 Å². The number of aliphatic hydroxyl groups excluding tert-OH is 4. The zero-order valence-electron chi connectivity index (χ0n) is 10.0. The van der Waals surface area contributed by atoms with Crippen molar-refractivity contribution in [3.8, 4) is 0 Å². The first-order valence-electron chi connectivity index (χ1n) is 5.51. The summed E-state index contributed by atoms with van der Waals surface area (Å²) in [5, 5.41) is 46.6. The Morgan fingerprint density at radius 2 is 1.72 bits per heavy atom. The van der Waals surface area contributed by atoms with Gasteiger partial charge in [0.25, 0.3) is 0 Å². The van der Waals surface area contributed by atoms with Crippen molar-refractivity contribution in [3.63, 3.8) is 0 Å². The van der Waals surface area contributed by atoms with Crippen LogP contribution in [0, 0.1) is 0 Å². The molecule has 106 valence electrons. The number of aliphatic hydroxyl groups is 4. The van der Waals surface area contributed by atoms with E-state index in [0.29, 0.717) is 0 Å². The van der Waals surface area contributed by atoms with Gasteiger partial charge >= 0.3 is 5.97 Å². The highest BCUT2D eigenvalue weighted by Gasteiger charge is 2.48. The molecule has 1 fully saturated rings. The summed E-state index contributed by atoms with van der Waals surface area (Å²) in [7, 11) is 0. The van der Waals surface area contributed by atoms with Crippen LogP contribution in [0.1, 0.15) is 13.8 Å². The Morgan fingerprint density at radius 1 is 1.17 bits per heavy atom. The number of carboxylic acids is 1. The highest BCUT2D eigenvalue weighted by Crippen LogP contribution is 2.23. The predicted molar refractivity (Wildman–Crippen MR) is 56.5 cm³/mol. The van der Waals surface area contributed by atoms with E-state index in [4.69, 9.17) is 14.6 Å². The molecule has 0 amide bonds. The van der Waals surface area contributed by atoms with Crippen LogP contribution in [0.5, 0.6) is 0 Å². The molecule has 5 N–H and O–H groups in total. The maximum absolute atomic E-state index is 10.8. The zero-order chi connectivity index (χ0) is 14.0. The zero-order valence-corrected chi connectivity index (χ0v) is 10.0. The van der Waals surface area contributed by atoms with E-state index in [1.54, 1.807) is 0 Å². The van der Waals surface area contributed by atoms with Crippen molar-refractivity contribution in [2.75, 3.05) is 0 Å². The molecular formula is C10H18O8. The van der Waals surface area contributed by atoms with Crippen LogP contribution in [0.2, 0.25) is 0 Å². The Balaban J connectivity index is 2.76. The molecule has 0 aliphatic carbocycles. The number of aliphatic carboxylic acids is 1. The third kappa shape index (κ3) is 3.16. The van der Waals surface area contributed by atoms with Gasteiger partial charge in [0.1, 0.15) is 18.3 Å². The number of rotatable bonds is 4. The number of ether oxygens (including phenoxy) is 2. The van der Waals surface area contributed by atoms with E-state index in [9.17, 15) is 25.2 Å². The Labute approximate surface area is 103 Å². The molecule has 0 aromatic heterocycles. The first-order valence-corrected chi connectivity index (χ1v) is 5.51. The second-order valence-corrected chi connectivity index (χ2v) is 4.32. The van der Waals surface area contributed by atoms with Gasteiger partial charge in [-0.25, -0.2) is 4.79 Å². The van der Waals surface area contributed by atoms with Gasteiger partial charge in [-0.3, -0.25) is 0 Å². The summed E-state index contributed by atoms with van der Waals surface area (Å²) < 4.78 is 9.98. The fourth-order valence-electron chi connectivity index (χ4n) is 1.49. The molecule has 0 aromatic rings. The lowest BCUT2D eigenvalue weighted by Gasteiger charge is -2.39. The van der Waals surface area contributed by atoms with Gasteiger partial charge in [-0.1, -0.05) is 0 Å². The van der Waals surface area contributed by atoms with Crippen LogP contribution in [-0.2, 0) is 14.3 Å². The van der Waals surface area contributed by atoms with Crippen molar-refractivity contribution in [2.45, 2.75) is 56.8 Å². The Kier molecular flexibility index (Phi) is 5.02. The van der Waals surface area contributed by atoms with Gasteiger partial charge < -0.3 is 35.0 Å². The first kappa shape index (κ1) is 15.3. The van der Waals surface area contributed by atoms with Crippen molar-refractivity contribution in [2.24, 2.45) is 0 Å². The molecule has 1 rings (SSSR count). The minimum absolute atomic E-state index is 0.735. The summed E-state index contributed by atoms with van der Waals surface area (Å²) in [6, 6.07) is 0. The molecule has 8 nitrogen and oxygen atoms in total. The molecule has 1 aliphatic heterocycles. The lowest BCUT2D eigenvalue weighted by molar-refractivity contribution is -0.307. The maximum Gasteiger partial charge on any atom is 0.335 e.